The van der Waals surface area contributed by atoms with Crippen molar-refractivity contribution in [2.45, 2.75) is 62.8 Å². The largest absolute Gasteiger partial charge is 0.480 e. The molecule has 3 amide bonds. The van der Waals surface area contributed by atoms with E-state index in [9.17, 15) is 24.3 Å². The van der Waals surface area contributed by atoms with Gasteiger partial charge in [-0.2, -0.15) is 0 Å². The predicted octanol–water partition coefficient (Wildman–Crippen LogP) is 1.74. The second kappa shape index (κ2) is 16.2. The van der Waals surface area contributed by atoms with Crippen LogP contribution in [0.5, 0.6) is 0 Å². The molecule has 0 aliphatic carbocycles. The van der Waals surface area contributed by atoms with Gasteiger partial charge in [-0.05, 0) is 48.1 Å². The number of H-pyrrole nitrogens is 2. The molecule has 14 nitrogen and oxygen atoms in total. The highest BCUT2D eigenvalue weighted by Crippen LogP contribution is 2.26. The molecule has 0 bridgehead atoms. The fourth-order valence-electron chi connectivity index (χ4n) is 6.70. The molecule has 0 fully saturated rings. The number of benzene rings is 3. The summed E-state index contributed by atoms with van der Waals surface area (Å²) in [5.74, 6) is -2.94. The molecule has 1 unspecified atom stereocenters. The number of carboxylic acids is 1. The van der Waals surface area contributed by atoms with Crippen LogP contribution in [0.3, 0.4) is 0 Å². The first-order valence-corrected chi connectivity index (χ1v) is 17.3. The third-order valence-electron chi connectivity index (χ3n) is 9.36. The lowest BCUT2D eigenvalue weighted by molar-refractivity contribution is -0.142. The van der Waals surface area contributed by atoms with Crippen molar-refractivity contribution in [3.05, 3.63) is 107 Å². The number of guanidine groups is 1. The number of aromatic amines is 2. The number of aliphatic carboxylic acids is 1. The number of hydrogen-bond acceptors (Lipinski definition) is 6. The molecule has 2 aromatic heterocycles. The summed E-state index contributed by atoms with van der Waals surface area (Å²) in [6.45, 7) is 0.677. The Morgan fingerprint density at radius 3 is 2.23 bits per heavy atom. The Morgan fingerprint density at radius 1 is 0.808 bits per heavy atom. The normalized spacial score (nSPS) is 15.6. The van der Waals surface area contributed by atoms with Gasteiger partial charge in [-0.25, -0.2) is 4.79 Å². The van der Waals surface area contributed by atoms with Gasteiger partial charge in [0.05, 0.1) is 6.04 Å². The molecule has 3 aromatic carbocycles. The molecule has 1 aliphatic heterocycles. The number of carboxylic acid groups (broad SMARTS) is 1. The van der Waals surface area contributed by atoms with Crippen LogP contribution in [-0.2, 0) is 45.0 Å². The van der Waals surface area contributed by atoms with Gasteiger partial charge in [-0.1, -0.05) is 66.7 Å². The number of para-hydroxylation sites is 2. The molecule has 6 rings (SSSR count). The van der Waals surface area contributed by atoms with Gasteiger partial charge in [-0.3, -0.25) is 24.7 Å². The van der Waals surface area contributed by atoms with Gasteiger partial charge in [0.25, 0.3) is 0 Å². The number of amides is 3. The van der Waals surface area contributed by atoms with E-state index in [4.69, 9.17) is 11.5 Å². The summed E-state index contributed by atoms with van der Waals surface area (Å²) in [5.41, 5.74) is 16.4. The standard InChI is InChI=1S/C38H43N9O5/c39-38(40)41-16-8-15-29(45-35(49)30-19-26-25-12-5-7-14-28(25)44-33(26)21-43-30)34(48)46-31(17-22-9-2-1-3-10-22)36(50)47-32(37(51)52)18-23-20-42-27-13-6-4-11-24(23)27/h1-7,9-14,20,29-32,42-44H,8,15-19,21H2,(H,45,49)(H,46,48)(H,47,50)(H,51,52)(H4,39,40,41)/t29-,30?,31-,32-/m0/s1. The van der Waals surface area contributed by atoms with E-state index >= 15 is 0 Å². The molecule has 3 heterocycles. The summed E-state index contributed by atoms with van der Waals surface area (Å²) in [7, 11) is 0. The fraction of sp³-hybridized carbons (Fsp3) is 0.289. The van der Waals surface area contributed by atoms with Gasteiger partial charge >= 0.3 is 5.97 Å². The lowest BCUT2D eigenvalue weighted by Gasteiger charge is -2.27. The quantitative estimate of drug-likeness (QED) is 0.0441. The second-order valence-electron chi connectivity index (χ2n) is 13.0. The molecular formula is C38H43N9O5. The highest BCUT2D eigenvalue weighted by molar-refractivity contribution is 5.95. The average molecular weight is 706 g/mol. The van der Waals surface area contributed by atoms with E-state index in [2.05, 4.69) is 36.2 Å². The monoisotopic (exact) mass is 705 g/mol. The van der Waals surface area contributed by atoms with E-state index < -0.39 is 42.0 Å². The molecule has 11 N–H and O–H groups in total. The minimum absolute atomic E-state index is 0.0209. The van der Waals surface area contributed by atoms with E-state index in [1.54, 1.807) is 6.20 Å². The predicted molar refractivity (Wildman–Crippen MR) is 198 cm³/mol. The molecule has 270 valence electrons. The SMILES string of the molecule is NC(N)=NCCC[C@H](NC(=O)C1Cc2c([nH]c3ccccc23)CN1)C(=O)N[C@@H](Cc1ccccc1)C(=O)N[C@@H](Cc1c[nH]c2ccccc12)C(=O)O. The van der Waals surface area contributed by atoms with Crippen molar-refractivity contribution in [1.82, 2.24) is 31.2 Å². The number of aliphatic imine (C=N–C) groups is 1. The highest BCUT2D eigenvalue weighted by atomic mass is 16.4. The summed E-state index contributed by atoms with van der Waals surface area (Å²) in [6, 6.07) is 20.4. The molecule has 14 heteroatoms. The summed E-state index contributed by atoms with van der Waals surface area (Å²) in [4.78, 5) is 64.6. The maximum atomic E-state index is 14.0. The number of fused-ring (bicyclic) bond motifs is 4. The number of aromatic nitrogens is 2. The van der Waals surface area contributed by atoms with Crippen molar-refractivity contribution in [3.8, 4) is 0 Å². The molecule has 0 saturated heterocycles. The van der Waals surface area contributed by atoms with Gasteiger partial charge in [0.15, 0.2) is 5.96 Å². The maximum absolute atomic E-state index is 14.0. The molecule has 5 aromatic rings. The minimum Gasteiger partial charge on any atom is -0.480 e. The first kappa shape index (κ1) is 35.7. The molecule has 52 heavy (non-hydrogen) atoms. The van der Waals surface area contributed by atoms with E-state index in [0.717, 1.165) is 44.2 Å². The molecule has 4 atom stereocenters. The molecule has 0 radical (unpaired) electrons. The first-order chi connectivity index (χ1) is 25.2. The van der Waals surface area contributed by atoms with Crippen LogP contribution in [0.25, 0.3) is 21.8 Å². The Kier molecular flexibility index (Phi) is 11.1. The van der Waals surface area contributed by atoms with Crippen LogP contribution < -0.4 is 32.7 Å². The van der Waals surface area contributed by atoms with E-state index in [-0.39, 0.29) is 37.7 Å². The van der Waals surface area contributed by atoms with Crippen molar-refractivity contribution < 1.29 is 24.3 Å². The van der Waals surface area contributed by atoms with Gasteiger partial charge in [0, 0.05) is 59.6 Å². The van der Waals surface area contributed by atoms with Crippen molar-refractivity contribution in [3.63, 3.8) is 0 Å². The van der Waals surface area contributed by atoms with Crippen LogP contribution in [0, 0.1) is 0 Å². The van der Waals surface area contributed by atoms with E-state index in [1.165, 1.54) is 0 Å². The van der Waals surface area contributed by atoms with Crippen LogP contribution >= 0.6 is 0 Å². The number of rotatable bonds is 15. The first-order valence-electron chi connectivity index (χ1n) is 17.3. The van der Waals surface area contributed by atoms with Crippen LogP contribution in [0.4, 0.5) is 0 Å². The van der Waals surface area contributed by atoms with E-state index in [1.807, 2.05) is 78.9 Å². The molecule has 0 saturated carbocycles. The summed E-state index contributed by atoms with van der Waals surface area (Å²) < 4.78 is 0. The van der Waals surface area contributed by atoms with Crippen LogP contribution in [0.1, 0.15) is 35.2 Å². The Balaban J connectivity index is 1.19. The van der Waals surface area contributed by atoms with Gasteiger partial charge in [0.2, 0.25) is 17.7 Å². The van der Waals surface area contributed by atoms with Crippen LogP contribution in [0.2, 0.25) is 0 Å². The Labute approximate surface area is 299 Å². The molecular weight excluding hydrogens is 662 g/mol. The Morgan fingerprint density at radius 2 is 1.48 bits per heavy atom. The van der Waals surface area contributed by atoms with Gasteiger partial charge in [-0.15, -0.1) is 0 Å². The van der Waals surface area contributed by atoms with Gasteiger partial charge < -0.3 is 42.5 Å². The fourth-order valence-corrected chi connectivity index (χ4v) is 6.70. The smallest absolute Gasteiger partial charge is 0.326 e. The third kappa shape index (κ3) is 8.58. The highest BCUT2D eigenvalue weighted by Gasteiger charge is 2.33. The number of nitrogens with one attached hydrogen (secondary N) is 6. The molecule has 0 spiro atoms. The average Bonchev–Trinajstić information content (AvgIpc) is 3.73. The number of nitrogens with two attached hydrogens (primary N) is 2. The van der Waals surface area contributed by atoms with Crippen LogP contribution in [-0.4, -0.2) is 75.4 Å². The lowest BCUT2D eigenvalue weighted by Crippen LogP contribution is -2.58. The summed E-state index contributed by atoms with van der Waals surface area (Å²) >= 11 is 0. The van der Waals surface area contributed by atoms with Gasteiger partial charge in [0.1, 0.15) is 18.1 Å². The zero-order valence-corrected chi connectivity index (χ0v) is 28.5. The van der Waals surface area contributed by atoms with Crippen LogP contribution in [0.15, 0.2) is 90.1 Å². The third-order valence-corrected chi connectivity index (χ3v) is 9.36. The van der Waals surface area contributed by atoms with Crippen molar-refractivity contribution in [2.24, 2.45) is 16.5 Å². The Bertz CT molecular complexity index is 2090. The maximum Gasteiger partial charge on any atom is 0.326 e. The number of hydrogen-bond donors (Lipinski definition) is 9. The van der Waals surface area contributed by atoms with E-state index in [0.29, 0.717) is 19.4 Å². The summed E-state index contributed by atoms with van der Waals surface area (Å²) in [5, 5.41) is 23.6. The topological polar surface area (TPSA) is 233 Å². The zero-order valence-electron chi connectivity index (χ0n) is 28.5. The lowest BCUT2D eigenvalue weighted by atomic mass is 9.97. The minimum atomic E-state index is -1.27. The van der Waals surface area contributed by atoms with Crippen molar-refractivity contribution in [2.75, 3.05) is 6.54 Å². The molecule has 1 aliphatic rings. The van der Waals surface area contributed by atoms with Crippen molar-refractivity contribution >= 4 is 51.5 Å². The Hall–Kier alpha value is -6.15. The summed E-state index contributed by atoms with van der Waals surface area (Å²) in [6.07, 6.45) is 2.79. The number of carbonyl (C=O) groups excluding carboxylic acids is 3. The van der Waals surface area contributed by atoms with Crippen molar-refractivity contribution in [1.29, 1.82) is 0 Å². The number of nitrogens with zero attached hydrogens (tertiary/aromatic N) is 1. The zero-order chi connectivity index (χ0) is 36.6. The second-order valence-corrected chi connectivity index (χ2v) is 13.0. The number of carbonyl (C=O) groups is 4.